The van der Waals surface area contributed by atoms with E-state index in [2.05, 4.69) is 15.4 Å². The number of aryl methyl sites for hydroxylation is 2. The van der Waals surface area contributed by atoms with E-state index in [9.17, 15) is 9.90 Å². The minimum Gasteiger partial charge on any atom is -0.476 e. The standard InChI is InChI=1S/C12H14ClN5O2/c1-6-8(11(13)17(2)15-6)5-18-10(7-3-4-7)9(12(19)20)14-16-18/h7H,3-5H2,1-2H3,(H,19,20). The van der Waals surface area contributed by atoms with E-state index < -0.39 is 5.97 Å². The molecule has 1 fully saturated rings. The Balaban J connectivity index is 2.01. The van der Waals surface area contributed by atoms with Crippen molar-refractivity contribution in [3.63, 3.8) is 0 Å². The fraction of sp³-hybridized carbons (Fsp3) is 0.500. The van der Waals surface area contributed by atoms with Gasteiger partial charge in [0, 0.05) is 18.5 Å². The summed E-state index contributed by atoms with van der Waals surface area (Å²) >= 11 is 6.20. The molecule has 2 aromatic rings. The van der Waals surface area contributed by atoms with Crippen molar-refractivity contribution < 1.29 is 9.90 Å². The highest BCUT2D eigenvalue weighted by atomic mass is 35.5. The molecule has 0 spiro atoms. The molecule has 1 saturated carbocycles. The molecule has 3 rings (SSSR count). The first kappa shape index (κ1) is 13.1. The lowest BCUT2D eigenvalue weighted by Gasteiger charge is -2.06. The van der Waals surface area contributed by atoms with Crippen molar-refractivity contribution in [2.24, 2.45) is 7.05 Å². The van der Waals surface area contributed by atoms with Crippen LogP contribution in [0.2, 0.25) is 5.15 Å². The van der Waals surface area contributed by atoms with E-state index in [1.54, 1.807) is 16.4 Å². The molecule has 2 aromatic heterocycles. The molecule has 7 nitrogen and oxygen atoms in total. The zero-order chi connectivity index (χ0) is 14.4. The first-order valence-corrected chi connectivity index (χ1v) is 6.71. The normalized spacial score (nSPS) is 14.8. The van der Waals surface area contributed by atoms with E-state index in [0.717, 1.165) is 24.1 Å². The van der Waals surface area contributed by atoms with Crippen LogP contribution < -0.4 is 0 Å². The Morgan fingerprint density at radius 3 is 2.70 bits per heavy atom. The maximum atomic E-state index is 11.2. The number of hydrogen-bond acceptors (Lipinski definition) is 4. The third kappa shape index (κ3) is 2.07. The molecule has 0 aromatic carbocycles. The van der Waals surface area contributed by atoms with Crippen LogP contribution >= 0.6 is 11.6 Å². The molecule has 0 amide bonds. The van der Waals surface area contributed by atoms with Gasteiger partial charge >= 0.3 is 5.97 Å². The highest BCUT2D eigenvalue weighted by Gasteiger charge is 2.34. The van der Waals surface area contributed by atoms with E-state index in [1.807, 2.05) is 6.92 Å². The molecule has 0 radical (unpaired) electrons. The van der Waals surface area contributed by atoms with Crippen molar-refractivity contribution in [3.05, 3.63) is 27.8 Å². The number of halogens is 1. The summed E-state index contributed by atoms with van der Waals surface area (Å²) in [4.78, 5) is 11.2. The molecule has 0 unspecified atom stereocenters. The van der Waals surface area contributed by atoms with Gasteiger partial charge in [-0.15, -0.1) is 5.10 Å². The Morgan fingerprint density at radius 1 is 1.50 bits per heavy atom. The number of hydrogen-bond donors (Lipinski definition) is 1. The summed E-state index contributed by atoms with van der Waals surface area (Å²) in [6.07, 6.45) is 1.96. The summed E-state index contributed by atoms with van der Waals surface area (Å²) in [5.41, 5.74) is 2.39. The van der Waals surface area contributed by atoms with Crippen molar-refractivity contribution in [2.75, 3.05) is 0 Å². The number of nitrogens with zero attached hydrogens (tertiary/aromatic N) is 5. The maximum absolute atomic E-state index is 11.2. The molecule has 1 aliphatic carbocycles. The van der Waals surface area contributed by atoms with Crippen molar-refractivity contribution in [1.29, 1.82) is 0 Å². The van der Waals surface area contributed by atoms with Crippen LogP contribution in [0.25, 0.3) is 0 Å². The molecule has 0 atom stereocenters. The van der Waals surface area contributed by atoms with Gasteiger partial charge in [-0.25, -0.2) is 9.48 Å². The quantitative estimate of drug-likeness (QED) is 0.926. The predicted octanol–water partition coefficient (Wildman–Crippen LogP) is 1.60. The van der Waals surface area contributed by atoms with Gasteiger partial charge in [0.25, 0.3) is 0 Å². The number of rotatable bonds is 4. The SMILES string of the molecule is Cc1nn(C)c(Cl)c1Cn1nnc(C(=O)O)c1C1CC1. The van der Waals surface area contributed by atoms with E-state index in [1.165, 1.54) is 0 Å². The van der Waals surface area contributed by atoms with Gasteiger partial charge in [0.15, 0.2) is 5.69 Å². The largest absolute Gasteiger partial charge is 0.476 e. The van der Waals surface area contributed by atoms with Crippen molar-refractivity contribution in [1.82, 2.24) is 24.8 Å². The molecule has 20 heavy (non-hydrogen) atoms. The van der Waals surface area contributed by atoms with Crippen LogP contribution in [0.1, 0.15) is 46.2 Å². The minimum absolute atomic E-state index is 0.0464. The Kier molecular flexibility index (Phi) is 3.01. The van der Waals surface area contributed by atoms with E-state index in [-0.39, 0.29) is 11.6 Å². The molecular formula is C12H14ClN5O2. The summed E-state index contributed by atoms with van der Waals surface area (Å²) in [5, 5.41) is 21.7. The Bertz CT molecular complexity index is 686. The second kappa shape index (κ2) is 4.59. The van der Waals surface area contributed by atoms with Crippen LogP contribution in [0.4, 0.5) is 0 Å². The lowest BCUT2D eigenvalue weighted by molar-refractivity contribution is 0.0689. The summed E-state index contributed by atoms with van der Waals surface area (Å²) < 4.78 is 3.23. The highest BCUT2D eigenvalue weighted by Crippen LogP contribution is 2.41. The van der Waals surface area contributed by atoms with Gasteiger partial charge in [-0.2, -0.15) is 5.10 Å². The Hall–Kier alpha value is -1.89. The summed E-state index contributed by atoms with van der Waals surface area (Å²) in [7, 11) is 1.77. The van der Waals surface area contributed by atoms with Crippen LogP contribution in [0, 0.1) is 6.92 Å². The highest BCUT2D eigenvalue weighted by molar-refractivity contribution is 6.30. The van der Waals surface area contributed by atoms with Gasteiger partial charge in [0.2, 0.25) is 0 Å². The average molecular weight is 296 g/mol. The van der Waals surface area contributed by atoms with Crippen molar-refractivity contribution >= 4 is 17.6 Å². The van der Waals surface area contributed by atoms with Gasteiger partial charge in [0.1, 0.15) is 5.15 Å². The molecule has 8 heteroatoms. The van der Waals surface area contributed by atoms with Crippen LogP contribution in [0.5, 0.6) is 0 Å². The molecule has 0 saturated heterocycles. The molecule has 1 N–H and O–H groups in total. The van der Waals surface area contributed by atoms with E-state index in [0.29, 0.717) is 17.4 Å². The zero-order valence-corrected chi connectivity index (χ0v) is 11.9. The lowest BCUT2D eigenvalue weighted by atomic mass is 10.2. The third-order valence-corrected chi connectivity index (χ3v) is 3.99. The fourth-order valence-electron chi connectivity index (χ4n) is 2.35. The van der Waals surface area contributed by atoms with Gasteiger partial charge in [0.05, 0.1) is 17.9 Å². The van der Waals surface area contributed by atoms with Gasteiger partial charge in [-0.1, -0.05) is 16.8 Å². The average Bonchev–Trinajstić information content (AvgIpc) is 3.09. The first-order chi connectivity index (χ1) is 9.49. The topological polar surface area (TPSA) is 85.8 Å². The third-order valence-electron chi connectivity index (χ3n) is 3.52. The second-order valence-corrected chi connectivity index (χ2v) is 5.40. The Labute approximate surface area is 120 Å². The van der Waals surface area contributed by atoms with Crippen LogP contribution in [0.3, 0.4) is 0 Å². The maximum Gasteiger partial charge on any atom is 0.358 e. The van der Waals surface area contributed by atoms with Crippen LogP contribution in [-0.4, -0.2) is 35.9 Å². The smallest absolute Gasteiger partial charge is 0.358 e. The number of aromatic nitrogens is 5. The van der Waals surface area contributed by atoms with Gasteiger partial charge in [-0.05, 0) is 19.8 Å². The number of carboxylic acids is 1. The summed E-state index contributed by atoms with van der Waals surface area (Å²) in [6, 6.07) is 0. The number of aromatic carboxylic acids is 1. The second-order valence-electron chi connectivity index (χ2n) is 5.04. The Morgan fingerprint density at radius 2 is 2.20 bits per heavy atom. The summed E-state index contributed by atoms with van der Waals surface area (Å²) in [5.74, 6) is -0.793. The van der Waals surface area contributed by atoms with Crippen molar-refractivity contribution in [3.8, 4) is 0 Å². The van der Waals surface area contributed by atoms with E-state index in [4.69, 9.17) is 11.6 Å². The zero-order valence-electron chi connectivity index (χ0n) is 11.2. The van der Waals surface area contributed by atoms with E-state index >= 15 is 0 Å². The van der Waals surface area contributed by atoms with Gasteiger partial charge in [-0.3, -0.25) is 4.68 Å². The van der Waals surface area contributed by atoms with Crippen LogP contribution in [0.15, 0.2) is 0 Å². The van der Waals surface area contributed by atoms with Crippen LogP contribution in [-0.2, 0) is 13.6 Å². The fourth-order valence-corrected chi connectivity index (χ4v) is 2.59. The lowest BCUT2D eigenvalue weighted by Crippen LogP contribution is -2.09. The number of carbonyl (C=O) groups is 1. The molecule has 2 heterocycles. The predicted molar refractivity (Wildman–Crippen MR) is 71.0 cm³/mol. The minimum atomic E-state index is -1.04. The molecule has 1 aliphatic rings. The molecule has 106 valence electrons. The molecular weight excluding hydrogens is 282 g/mol. The summed E-state index contributed by atoms with van der Waals surface area (Å²) in [6.45, 7) is 2.26. The van der Waals surface area contributed by atoms with Crippen molar-refractivity contribution in [2.45, 2.75) is 32.2 Å². The first-order valence-electron chi connectivity index (χ1n) is 6.33. The van der Waals surface area contributed by atoms with Gasteiger partial charge < -0.3 is 5.11 Å². The molecule has 0 bridgehead atoms. The monoisotopic (exact) mass is 295 g/mol. The number of carboxylic acid groups (broad SMARTS) is 1. The molecule has 0 aliphatic heterocycles.